The third kappa shape index (κ3) is 5.10. The molecule has 19 heavy (non-hydrogen) atoms. The maximum Gasteiger partial charge on any atom is 0.326 e. The number of methoxy groups -OCH3 is 1. The van der Waals surface area contributed by atoms with E-state index in [1.54, 1.807) is 0 Å². The number of hydrogen-bond donors (Lipinski definition) is 1. The smallest absolute Gasteiger partial charge is 0.326 e. The summed E-state index contributed by atoms with van der Waals surface area (Å²) in [7, 11) is 1.26. The van der Waals surface area contributed by atoms with Gasteiger partial charge in [-0.25, -0.2) is 4.72 Å². The van der Waals surface area contributed by atoms with Crippen LogP contribution in [0.15, 0.2) is 36.4 Å². The van der Waals surface area contributed by atoms with Crippen molar-refractivity contribution in [2.24, 2.45) is 0 Å². The number of carbonyl (C=O) groups is 1. The van der Waals surface area contributed by atoms with Crippen LogP contribution in [0, 0.1) is 0 Å². The zero-order valence-electron chi connectivity index (χ0n) is 10.8. The summed E-state index contributed by atoms with van der Waals surface area (Å²) in [6.45, 7) is 0. The molecule has 0 aromatic heterocycles. The first-order chi connectivity index (χ1) is 9.10. The van der Waals surface area contributed by atoms with Crippen molar-refractivity contribution in [3.63, 3.8) is 0 Å². The third-order valence-electron chi connectivity index (χ3n) is 2.98. The van der Waals surface area contributed by atoms with Crippen molar-refractivity contribution in [3.8, 4) is 0 Å². The highest BCUT2D eigenvalue weighted by atomic mass is 32.2. The van der Waals surface area contributed by atoms with Crippen LogP contribution in [0.25, 0.3) is 0 Å². The maximum atomic E-state index is 11.3. The highest BCUT2D eigenvalue weighted by Crippen LogP contribution is 2.30. The Morgan fingerprint density at radius 1 is 1.16 bits per heavy atom. The molecule has 0 saturated heterocycles. The number of carbonyl (C=O) groups excluding carboxylic acids is 1. The van der Waals surface area contributed by atoms with Crippen molar-refractivity contribution >= 4 is 17.2 Å². The van der Waals surface area contributed by atoms with Crippen LogP contribution < -0.4 is 4.72 Å². The number of benzene rings is 1. The van der Waals surface area contributed by atoms with Gasteiger partial charge in [-0.3, -0.25) is 9.00 Å². The number of esters is 1. The molecular weight excluding hydrogens is 266 g/mol. The van der Waals surface area contributed by atoms with Crippen LogP contribution >= 0.6 is 0 Å². The Hall–Kier alpha value is -1.24. The van der Waals surface area contributed by atoms with Gasteiger partial charge in [-0.15, -0.1) is 0 Å². The summed E-state index contributed by atoms with van der Waals surface area (Å²) in [6.07, 6.45) is 2.74. The topological polar surface area (TPSA) is 78.5 Å². The van der Waals surface area contributed by atoms with Crippen LogP contribution in [-0.4, -0.2) is 27.4 Å². The quantitative estimate of drug-likeness (QED) is 0.674. The molecule has 1 fully saturated rings. The van der Waals surface area contributed by atoms with Gasteiger partial charge in [0.2, 0.25) is 0 Å². The van der Waals surface area contributed by atoms with E-state index < -0.39 is 22.8 Å². The van der Waals surface area contributed by atoms with Crippen LogP contribution in [0.5, 0.6) is 0 Å². The van der Waals surface area contributed by atoms with E-state index in [0.29, 0.717) is 12.8 Å². The Morgan fingerprint density at radius 2 is 1.58 bits per heavy atom. The van der Waals surface area contributed by atoms with Crippen molar-refractivity contribution in [3.05, 3.63) is 36.4 Å². The van der Waals surface area contributed by atoms with E-state index in [-0.39, 0.29) is 0 Å². The molecule has 0 amide bonds. The first kappa shape index (κ1) is 15.8. The Balaban J connectivity index is 0.000000250. The van der Waals surface area contributed by atoms with E-state index in [0.717, 1.165) is 12.8 Å². The largest absolute Gasteiger partial charge is 0.760 e. The number of ether oxygens (including phenoxy) is 1. The number of hydrogen-bond acceptors (Lipinski definition) is 4. The Morgan fingerprint density at radius 3 is 1.89 bits per heavy atom. The highest BCUT2D eigenvalue weighted by Gasteiger charge is 2.42. The second-order valence-corrected chi connectivity index (χ2v) is 4.95. The monoisotopic (exact) mass is 284 g/mol. The second-order valence-electron chi connectivity index (χ2n) is 4.27. The van der Waals surface area contributed by atoms with E-state index in [4.69, 9.17) is 0 Å². The molecule has 1 N–H and O–H groups in total. The first-order valence-corrected chi connectivity index (χ1v) is 7.14. The zero-order chi connectivity index (χ0) is 14.1. The molecule has 0 bridgehead atoms. The molecule has 0 spiro atoms. The van der Waals surface area contributed by atoms with E-state index in [1.165, 1.54) is 7.11 Å². The fraction of sp³-hybridized carbons (Fsp3) is 0.462. The first-order valence-electron chi connectivity index (χ1n) is 6.06. The van der Waals surface area contributed by atoms with E-state index in [9.17, 15) is 13.6 Å². The summed E-state index contributed by atoms with van der Waals surface area (Å²) in [5, 5.41) is 0. The Kier molecular flexibility index (Phi) is 6.69. The lowest BCUT2D eigenvalue weighted by molar-refractivity contribution is -0.147. The SMILES string of the molecule is COC(=O)C1(NS(=O)[O-])CCCC1.c1ccccc1. The normalized spacial score (nSPS) is 18.0. The summed E-state index contributed by atoms with van der Waals surface area (Å²) in [6, 6.07) is 12.0. The fourth-order valence-electron chi connectivity index (χ4n) is 2.07. The molecule has 0 heterocycles. The van der Waals surface area contributed by atoms with Gasteiger partial charge < -0.3 is 9.29 Å². The summed E-state index contributed by atoms with van der Waals surface area (Å²) < 4.78 is 27.7. The molecule has 1 atom stereocenters. The zero-order valence-corrected chi connectivity index (χ0v) is 11.7. The molecule has 1 saturated carbocycles. The highest BCUT2D eigenvalue weighted by molar-refractivity contribution is 7.77. The van der Waals surface area contributed by atoms with Crippen molar-refractivity contribution in [1.82, 2.24) is 4.72 Å². The van der Waals surface area contributed by atoms with Gasteiger partial charge in [0, 0.05) is 11.3 Å². The number of rotatable bonds is 3. The van der Waals surface area contributed by atoms with Gasteiger partial charge in [-0.1, -0.05) is 49.2 Å². The van der Waals surface area contributed by atoms with Gasteiger partial charge >= 0.3 is 5.97 Å². The van der Waals surface area contributed by atoms with Gasteiger partial charge in [-0.2, -0.15) is 0 Å². The van der Waals surface area contributed by atoms with Crippen LogP contribution in [0.2, 0.25) is 0 Å². The van der Waals surface area contributed by atoms with Crippen LogP contribution in [0.1, 0.15) is 25.7 Å². The minimum Gasteiger partial charge on any atom is -0.760 e. The average molecular weight is 284 g/mol. The Bertz CT molecular complexity index is 378. The van der Waals surface area contributed by atoms with Gasteiger partial charge in [0.25, 0.3) is 0 Å². The average Bonchev–Trinajstić information content (AvgIpc) is 2.89. The minimum absolute atomic E-state index is 0.491. The molecule has 1 aliphatic carbocycles. The van der Waals surface area contributed by atoms with E-state index >= 15 is 0 Å². The van der Waals surface area contributed by atoms with Crippen molar-refractivity contribution in [2.45, 2.75) is 31.2 Å². The predicted octanol–water partition coefficient (Wildman–Crippen LogP) is 1.54. The molecule has 2 rings (SSSR count). The molecule has 6 heteroatoms. The van der Waals surface area contributed by atoms with Gasteiger partial charge in [0.1, 0.15) is 5.54 Å². The van der Waals surface area contributed by atoms with Gasteiger partial charge in [0.05, 0.1) is 7.11 Å². The molecule has 0 radical (unpaired) electrons. The predicted molar refractivity (Wildman–Crippen MR) is 71.7 cm³/mol. The lowest BCUT2D eigenvalue weighted by atomic mass is 10.00. The molecule has 0 aliphatic heterocycles. The van der Waals surface area contributed by atoms with Crippen molar-refractivity contribution < 1.29 is 18.3 Å². The molecule has 106 valence electrons. The maximum absolute atomic E-state index is 11.3. The summed E-state index contributed by atoms with van der Waals surface area (Å²) >= 11 is -2.42. The van der Waals surface area contributed by atoms with Crippen LogP contribution in [-0.2, 0) is 20.8 Å². The molecule has 1 aliphatic rings. The summed E-state index contributed by atoms with van der Waals surface area (Å²) in [5.74, 6) is -0.491. The molecule has 1 aromatic rings. The summed E-state index contributed by atoms with van der Waals surface area (Å²) in [4.78, 5) is 11.3. The lowest BCUT2D eigenvalue weighted by Crippen LogP contribution is -2.51. The third-order valence-corrected chi connectivity index (χ3v) is 3.54. The second kappa shape index (κ2) is 8.04. The summed E-state index contributed by atoms with van der Waals surface area (Å²) in [5.41, 5.74) is -0.999. The lowest BCUT2D eigenvalue weighted by Gasteiger charge is -2.27. The molecule has 1 aromatic carbocycles. The van der Waals surface area contributed by atoms with Crippen LogP contribution in [0.4, 0.5) is 0 Å². The standard InChI is InChI=1S/C7H13NO4S.C6H6/c1-12-6(9)7(8-13(10)11)4-2-3-5-7;1-2-4-6-5-3-1/h8H,2-5H2,1H3,(H,10,11);1-6H/p-1. The van der Waals surface area contributed by atoms with Crippen molar-refractivity contribution in [1.29, 1.82) is 0 Å². The van der Waals surface area contributed by atoms with Gasteiger partial charge in [0.15, 0.2) is 0 Å². The number of nitrogens with one attached hydrogen (secondary N) is 1. The molecular formula is C13H18NO4S-. The van der Waals surface area contributed by atoms with Crippen LogP contribution in [0.3, 0.4) is 0 Å². The molecule has 5 nitrogen and oxygen atoms in total. The minimum atomic E-state index is -2.42. The van der Waals surface area contributed by atoms with Crippen molar-refractivity contribution in [2.75, 3.05) is 7.11 Å². The van der Waals surface area contributed by atoms with Gasteiger partial charge in [-0.05, 0) is 12.8 Å². The van der Waals surface area contributed by atoms with E-state index in [2.05, 4.69) is 9.46 Å². The molecule has 1 unspecified atom stereocenters. The Labute approximate surface area is 115 Å². The van der Waals surface area contributed by atoms with E-state index in [1.807, 2.05) is 36.4 Å². The fourth-order valence-corrected chi connectivity index (χ4v) is 2.67.